The number of ether oxygens (including phenoxy) is 3. The molecule has 152 valence electrons. The Morgan fingerprint density at radius 1 is 0.933 bits per heavy atom. The molecule has 1 atom stereocenters. The molecule has 3 aromatic carbocycles. The van der Waals surface area contributed by atoms with Crippen molar-refractivity contribution in [2.24, 2.45) is 0 Å². The van der Waals surface area contributed by atoms with Gasteiger partial charge >= 0.3 is 5.97 Å². The minimum absolute atomic E-state index is 0.426. The summed E-state index contributed by atoms with van der Waals surface area (Å²) in [4.78, 5) is 25.7. The highest BCUT2D eigenvalue weighted by atomic mass is 16.5. The van der Waals surface area contributed by atoms with Crippen LogP contribution in [0.25, 0.3) is 0 Å². The average Bonchev–Trinajstić information content (AvgIpc) is 2.77. The van der Waals surface area contributed by atoms with Crippen LogP contribution in [0.2, 0.25) is 0 Å². The van der Waals surface area contributed by atoms with Gasteiger partial charge in [-0.1, -0.05) is 42.5 Å². The number of hydrogen-bond donors (Lipinski definition) is 1. The summed E-state index contributed by atoms with van der Waals surface area (Å²) in [6.07, 6.45) is -0.981. The van der Waals surface area contributed by atoms with E-state index in [4.69, 9.17) is 14.2 Å². The summed E-state index contributed by atoms with van der Waals surface area (Å²) < 4.78 is 16.6. The summed E-state index contributed by atoms with van der Waals surface area (Å²) in [7, 11) is 1.55. The minimum atomic E-state index is -0.981. The Labute approximate surface area is 174 Å². The van der Waals surface area contributed by atoms with Crippen LogP contribution in [-0.2, 0) is 14.3 Å². The Morgan fingerprint density at radius 2 is 1.57 bits per heavy atom. The minimum Gasteiger partial charge on any atom is -0.497 e. The molecule has 1 aliphatic rings. The second-order valence-corrected chi connectivity index (χ2v) is 6.91. The largest absolute Gasteiger partial charge is 0.497 e. The Bertz CT molecular complexity index is 1050. The summed E-state index contributed by atoms with van der Waals surface area (Å²) in [6.45, 7) is 1.55. The second-order valence-electron chi connectivity index (χ2n) is 6.91. The highest BCUT2D eigenvalue weighted by molar-refractivity contribution is 5.96. The van der Waals surface area contributed by atoms with Crippen molar-refractivity contribution in [1.29, 1.82) is 0 Å². The van der Waals surface area contributed by atoms with E-state index in [0.29, 0.717) is 34.1 Å². The molecule has 0 spiro atoms. The van der Waals surface area contributed by atoms with Crippen molar-refractivity contribution < 1.29 is 23.8 Å². The lowest BCUT2D eigenvalue weighted by atomic mass is 9.88. The predicted octanol–water partition coefficient (Wildman–Crippen LogP) is 4.50. The molecule has 1 amide bonds. The number of anilines is 1. The smallest absolute Gasteiger partial charge is 0.318 e. The van der Waals surface area contributed by atoms with E-state index in [1.165, 1.54) is 0 Å². The van der Waals surface area contributed by atoms with Crippen molar-refractivity contribution >= 4 is 17.6 Å². The summed E-state index contributed by atoms with van der Waals surface area (Å²) in [5, 5.41) is 2.74. The molecule has 0 radical (unpaired) electrons. The molecule has 1 heterocycles. The molecular formula is C24H21NO5. The zero-order chi connectivity index (χ0) is 21.1. The van der Waals surface area contributed by atoms with Crippen LogP contribution < -0.4 is 14.8 Å². The molecule has 0 aliphatic carbocycles. The van der Waals surface area contributed by atoms with E-state index >= 15 is 0 Å². The van der Waals surface area contributed by atoms with Crippen molar-refractivity contribution in [3.05, 3.63) is 83.9 Å². The van der Waals surface area contributed by atoms with Crippen LogP contribution in [0.3, 0.4) is 0 Å². The number of methoxy groups -OCH3 is 1. The topological polar surface area (TPSA) is 73.9 Å². The fraction of sp³-hybridized carbons (Fsp3) is 0.167. The highest BCUT2D eigenvalue weighted by Crippen LogP contribution is 2.44. The summed E-state index contributed by atoms with van der Waals surface area (Å²) >= 11 is 0. The van der Waals surface area contributed by atoms with E-state index in [0.717, 1.165) is 0 Å². The monoisotopic (exact) mass is 403 g/mol. The number of para-hydroxylation sites is 2. The number of nitrogens with one attached hydrogen (secondary N) is 1. The van der Waals surface area contributed by atoms with E-state index in [1.54, 1.807) is 38.3 Å². The molecule has 1 aliphatic heterocycles. The van der Waals surface area contributed by atoms with Crippen LogP contribution in [0.15, 0.2) is 72.8 Å². The lowest BCUT2D eigenvalue weighted by Gasteiger charge is -2.27. The highest BCUT2D eigenvalue weighted by Gasteiger charge is 2.35. The molecule has 3 aromatic rings. The van der Waals surface area contributed by atoms with Gasteiger partial charge in [0.05, 0.1) is 7.11 Å². The van der Waals surface area contributed by atoms with Crippen LogP contribution in [0, 0.1) is 0 Å². The number of benzene rings is 3. The molecule has 0 fully saturated rings. The molecule has 0 saturated heterocycles. The van der Waals surface area contributed by atoms with E-state index in [1.807, 2.05) is 48.5 Å². The van der Waals surface area contributed by atoms with Gasteiger partial charge in [0.2, 0.25) is 0 Å². The van der Waals surface area contributed by atoms with Gasteiger partial charge in [-0.3, -0.25) is 9.59 Å². The summed E-state index contributed by atoms with van der Waals surface area (Å²) in [5.41, 5.74) is 1.98. The van der Waals surface area contributed by atoms with Crippen LogP contribution in [0.5, 0.6) is 17.2 Å². The molecule has 6 heteroatoms. The van der Waals surface area contributed by atoms with Crippen LogP contribution in [-0.4, -0.2) is 25.1 Å². The number of rotatable bonds is 5. The first-order chi connectivity index (χ1) is 14.6. The fourth-order valence-corrected chi connectivity index (χ4v) is 3.40. The maximum atomic E-state index is 13.1. The Kier molecular flexibility index (Phi) is 5.39. The third-order valence-corrected chi connectivity index (χ3v) is 4.92. The molecule has 6 nitrogen and oxygen atoms in total. The first kappa shape index (κ1) is 19.5. The lowest BCUT2D eigenvalue weighted by Crippen LogP contribution is -2.32. The lowest BCUT2D eigenvalue weighted by molar-refractivity contribution is -0.153. The Balaban J connectivity index is 1.53. The van der Waals surface area contributed by atoms with Crippen molar-refractivity contribution in [3.8, 4) is 17.2 Å². The second kappa shape index (κ2) is 8.29. The number of fused-ring (bicyclic) bond motifs is 2. The molecule has 0 unspecified atom stereocenters. The molecule has 1 N–H and O–H groups in total. The number of carbonyl (C=O) groups excluding carboxylic acids is 2. The fourth-order valence-electron chi connectivity index (χ4n) is 3.40. The Morgan fingerprint density at radius 3 is 2.20 bits per heavy atom. The normalized spacial score (nSPS) is 13.3. The number of carbonyl (C=O) groups is 2. The summed E-state index contributed by atoms with van der Waals surface area (Å²) in [5.74, 6) is 0.223. The van der Waals surface area contributed by atoms with Crippen LogP contribution >= 0.6 is 0 Å². The molecule has 4 rings (SSSR count). The van der Waals surface area contributed by atoms with Crippen molar-refractivity contribution in [2.45, 2.75) is 18.9 Å². The van der Waals surface area contributed by atoms with E-state index in [9.17, 15) is 9.59 Å². The maximum absolute atomic E-state index is 13.1. The Hall–Kier alpha value is -3.80. The number of hydrogen-bond acceptors (Lipinski definition) is 5. The van der Waals surface area contributed by atoms with Crippen molar-refractivity contribution in [1.82, 2.24) is 0 Å². The molecular weight excluding hydrogens is 382 g/mol. The zero-order valence-electron chi connectivity index (χ0n) is 16.6. The van der Waals surface area contributed by atoms with Gasteiger partial charge in [0.25, 0.3) is 5.91 Å². The third-order valence-electron chi connectivity index (χ3n) is 4.92. The number of amides is 1. The first-order valence-electron chi connectivity index (χ1n) is 9.58. The quantitative estimate of drug-likeness (QED) is 0.635. The zero-order valence-corrected chi connectivity index (χ0v) is 16.6. The average molecular weight is 403 g/mol. The SMILES string of the molecule is COc1cccc(NC(=O)[C@@H](C)OC(=O)C2c3ccccc3Oc3ccccc32)c1. The standard InChI is InChI=1S/C24H21NO5/c1-15(23(26)25-16-8-7-9-17(14-16)28-2)29-24(27)22-18-10-3-5-12-20(18)30-21-13-6-4-11-19(21)22/h3-15,22H,1-2H3,(H,25,26)/t15-/m1/s1. The maximum Gasteiger partial charge on any atom is 0.318 e. The van der Waals surface area contributed by atoms with Gasteiger partial charge < -0.3 is 19.5 Å². The van der Waals surface area contributed by atoms with E-state index in [-0.39, 0.29) is 0 Å². The van der Waals surface area contributed by atoms with Gasteiger partial charge in [0, 0.05) is 22.9 Å². The van der Waals surface area contributed by atoms with Gasteiger partial charge in [-0.2, -0.15) is 0 Å². The van der Waals surface area contributed by atoms with Gasteiger partial charge in [-0.05, 0) is 31.2 Å². The summed E-state index contributed by atoms with van der Waals surface area (Å²) in [6, 6.07) is 21.6. The van der Waals surface area contributed by atoms with Crippen molar-refractivity contribution in [2.75, 3.05) is 12.4 Å². The molecule has 0 bridgehead atoms. The van der Waals surface area contributed by atoms with E-state index in [2.05, 4.69) is 5.32 Å². The van der Waals surface area contributed by atoms with Gasteiger partial charge in [-0.25, -0.2) is 0 Å². The molecule has 0 saturated carbocycles. The molecule has 0 aromatic heterocycles. The van der Waals surface area contributed by atoms with Gasteiger partial charge in [0.1, 0.15) is 23.2 Å². The molecule has 30 heavy (non-hydrogen) atoms. The third kappa shape index (κ3) is 3.85. The van der Waals surface area contributed by atoms with Crippen LogP contribution in [0.1, 0.15) is 24.0 Å². The van der Waals surface area contributed by atoms with E-state index < -0.39 is 23.9 Å². The van der Waals surface area contributed by atoms with Crippen LogP contribution in [0.4, 0.5) is 5.69 Å². The first-order valence-corrected chi connectivity index (χ1v) is 9.58. The van der Waals surface area contributed by atoms with Gasteiger partial charge in [-0.15, -0.1) is 0 Å². The van der Waals surface area contributed by atoms with Crippen molar-refractivity contribution in [3.63, 3.8) is 0 Å². The number of esters is 1. The predicted molar refractivity (Wildman–Crippen MR) is 112 cm³/mol. The van der Waals surface area contributed by atoms with Gasteiger partial charge in [0.15, 0.2) is 6.10 Å².